The molecule has 24 heavy (non-hydrogen) atoms. The number of fused-ring (bicyclic) bond motifs is 1. The lowest BCUT2D eigenvalue weighted by molar-refractivity contribution is 0.141. The van der Waals surface area contributed by atoms with Gasteiger partial charge in [-0.15, -0.1) is 0 Å². The van der Waals surface area contributed by atoms with Gasteiger partial charge in [-0.25, -0.2) is 0 Å². The van der Waals surface area contributed by atoms with Crippen molar-refractivity contribution in [3.05, 3.63) is 30.5 Å². The summed E-state index contributed by atoms with van der Waals surface area (Å²) in [5, 5.41) is -0.350. The highest BCUT2D eigenvalue weighted by molar-refractivity contribution is 8.45. The number of likely N-dealkylation sites (N-methyl/N-ethyl adjacent to an activating group) is 1. The zero-order chi connectivity index (χ0) is 18.8. The second-order valence-electron chi connectivity index (χ2n) is 7.39. The van der Waals surface area contributed by atoms with Gasteiger partial charge in [0.15, 0.2) is 0 Å². The van der Waals surface area contributed by atoms with Gasteiger partial charge in [0.1, 0.15) is 20.6 Å². The van der Waals surface area contributed by atoms with Crippen molar-refractivity contribution in [2.45, 2.75) is 29.6 Å². The number of rotatable bonds is 4. The van der Waals surface area contributed by atoms with Crippen molar-refractivity contribution in [2.75, 3.05) is 14.1 Å². The van der Waals surface area contributed by atoms with Crippen LogP contribution in [0.5, 0.6) is 0 Å². The van der Waals surface area contributed by atoms with E-state index in [2.05, 4.69) is 0 Å². The molecule has 0 aliphatic carbocycles. The number of hydrogen-bond acceptors (Lipinski definition) is 1. The molecule has 0 saturated carbocycles. The number of hydrogen-bond donors (Lipinski definition) is 0. The molecule has 2 nitrogen and oxygen atoms in total. The van der Waals surface area contributed by atoms with Gasteiger partial charge >= 0.3 is 10.2 Å². The molecule has 0 fully saturated rings. The maximum Gasteiger partial charge on any atom is 0.310 e. The van der Waals surface area contributed by atoms with Gasteiger partial charge < -0.3 is 9.47 Å². The van der Waals surface area contributed by atoms with Crippen LogP contribution in [0, 0.1) is 0 Å². The Labute approximate surface area is 140 Å². The first-order chi connectivity index (χ1) is 10.4. The van der Waals surface area contributed by atoms with Crippen molar-refractivity contribution in [1.29, 1.82) is 0 Å². The molecule has 134 valence electrons. The monoisotopic (exact) mass is 366 g/mol. The summed E-state index contributed by atoms with van der Waals surface area (Å²) >= 11 is 0. The van der Waals surface area contributed by atoms with Crippen LogP contribution < -0.4 is 0 Å². The van der Waals surface area contributed by atoms with E-state index in [0.717, 1.165) is 6.07 Å². The predicted molar refractivity (Wildman–Crippen MR) is 96.2 cm³/mol. The molecule has 0 unspecified atom stereocenters. The zero-order valence-electron chi connectivity index (χ0n) is 14.6. The van der Waals surface area contributed by atoms with Gasteiger partial charge in [-0.3, -0.25) is 0 Å². The average Bonchev–Trinajstić information content (AvgIpc) is 2.78. The van der Waals surface area contributed by atoms with Crippen LogP contribution in [-0.4, -0.2) is 44.8 Å². The summed E-state index contributed by atoms with van der Waals surface area (Å²) in [5.74, 6) is 0. The minimum atomic E-state index is -9.67. The fraction of sp³-hybridized carbons (Fsp3) is 0.429. The highest BCUT2D eigenvalue weighted by Crippen LogP contribution is 3.02. The molecule has 10 heteroatoms. The number of nitrogens with zero attached hydrogens (tertiary/aromatic N) is 2. The van der Waals surface area contributed by atoms with E-state index >= 15 is 0 Å². The zero-order valence-corrected chi connectivity index (χ0v) is 15.4. The largest absolute Gasteiger partial charge is 0.356 e. The van der Waals surface area contributed by atoms with E-state index in [0.29, 0.717) is 17.6 Å². The van der Waals surface area contributed by atoms with Crippen LogP contribution in [0.15, 0.2) is 35.4 Å². The van der Waals surface area contributed by atoms with Crippen LogP contribution in [0.4, 0.5) is 19.4 Å². The van der Waals surface area contributed by atoms with Gasteiger partial charge in [0.05, 0.1) is 0 Å². The first kappa shape index (κ1) is 19.2. The van der Waals surface area contributed by atoms with Crippen molar-refractivity contribution in [2.24, 2.45) is 0 Å². The molecule has 0 aliphatic heterocycles. The smallest absolute Gasteiger partial charge is 0.310 e. The lowest BCUT2D eigenvalue weighted by atomic mass is 9.51. The van der Waals surface area contributed by atoms with Gasteiger partial charge in [-0.2, -0.15) is 0 Å². The fourth-order valence-electron chi connectivity index (χ4n) is 2.69. The van der Waals surface area contributed by atoms with Crippen LogP contribution in [0.3, 0.4) is 0 Å². The van der Waals surface area contributed by atoms with Gasteiger partial charge in [0.25, 0.3) is 0 Å². The molecule has 2 aromatic rings. The second kappa shape index (κ2) is 4.52. The number of halogens is 5. The molecular weight excluding hydrogens is 345 g/mol. The van der Waals surface area contributed by atoms with Crippen molar-refractivity contribution >= 4 is 36.8 Å². The number of aromatic nitrogens is 1. The Balaban J connectivity index is 2.67. The molecule has 0 spiro atoms. The highest BCUT2D eigenvalue weighted by atomic mass is 32.5. The normalized spacial score (nSPS) is 17.1. The molecule has 0 amide bonds. The predicted octanol–water partition coefficient (Wildman–Crippen LogP) is 3.52. The van der Waals surface area contributed by atoms with E-state index in [9.17, 15) is 19.4 Å². The second-order valence-corrected chi connectivity index (χ2v) is 9.80. The first-order valence-corrected chi connectivity index (χ1v) is 9.36. The Hall–Kier alpha value is -1.15. The summed E-state index contributed by atoms with van der Waals surface area (Å²) < 4.78 is 66.8. The fourth-order valence-corrected chi connectivity index (χ4v) is 3.36. The Morgan fingerprint density at radius 2 is 1.54 bits per heavy atom. The maximum absolute atomic E-state index is 13.0. The highest BCUT2D eigenvalue weighted by Gasteiger charge is 2.65. The van der Waals surface area contributed by atoms with E-state index in [4.69, 9.17) is 0 Å². The lowest BCUT2D eigenvalue weighted by Crippen LogP contribution is -2.60. The first-order valence-electron chi connectivity index (χ1n) is 7.41. The van der Waals surface area contributed by atoms with Gasteiger partial charge in [0, 0.05) is 28.0 Å². The molecule has 0 radical (unpaired) electrons. The summed E-state index contributed by atoms with van der Waals surface area (Å²) in [6.45, 7) is 4.03. The molecule has 1 aromatic heterocycles. The van der Waals surface area contributed by atoms with Crippen LogP contribution in [-0.2, 0) is 5.34 Å². The average molecular weight is 366 g/mol. The topological polar surface area (TPSA) is 8.17 Å². The van der Waals surface area contributed by atoms with Crippen molar-refractivity contribution in [3.63, 3.8) is 0 Å². The van der Waals surface area contributed by atoms with Crippen LogP contribution in [0.2, 0.25) is 0 Å². The summed E-state index contributed by atoms with van der Waals surface area (Å²) in [4.78, 5) is 0.159. The van der Waals surface area contributed by atoms with Crippen LogP contribution in [0.1, 0.15) is 13.8 Å². The van der Waals surface area contributed by atoms with Crippen molar-refractivity contribution < 1.29 is 19.4 Å². The third-order valence-electron chi connectivity index (χ3n) is 5.32. The molecular formula is C14H21B2F5N2S. The van der Waals surface area contributed by atoms with Gasteiger partial charge in [0.2, 0.25) is 0 Å². The van der Waals surface area contributed by atoms with E-state index in [1.165, 1.54) is 6.07 Å². The molecule has 0 atom stereocenters. The molecule has 2 rings (SSSR count). The molecule has 1 heterocycles. The minimum absolute atomic E-state index is 0.142. The van der Waals surface area contributed by atoms with E-state index in [1.807, 2.05) is 53.1 Å². The van der Waals surface area contributed by atoms with Crippen molar-refractivity contribution in [1.82, 2.24) is 9.47 Å². The summed E-state index contributed by atoms with van der Waals surface area (Å²) in [6, 6.07) is 3.57. The van der Waals surface area contributed by atoms with Crippen LogP contribution in [0.25, 0.3) is 10.9 Å². The van der Waals surface area contributed by atoms with Crippen molar-refractivity contribution in [3.8, 4) is 0 Å². The summed E-state index contributed by atoms with van der Waals surface area (Å²) in [5.41, 5.74) is 0.151. The van der Waals surface area contributed by atoms with E-state index < -0.39 is 20.5 Å². The number of benzene rings is 1. The standard InChI is InChI=1S/C14H21B2F5N2S/c1-13(2,22(3)4)14(15,16)23-8-7-10-9-11(5-6-12(10)23)24(17,18,19,20)21/h5-9H,15-16H2,1-4H3. The van der Waals surface area contributed by atoms with Gasteiger partial charge in [-0.1, -0.05) is 19.4 Å². The lowest BCUT2D eigenvalue weighted by Gasteiger charge is -2.48. The minimum Gasteiger partial charge on any atom is -0.356 e. The Morgan fingerprint density at radius 1 is 1.00 bits per heavy atom. The molecule has 0 aliphatic rings. The quantitative estimate of drug-likeness (QED) is 0.594. The summed E-state index contributed by atoms with van der Waals surface area (Å²) in [6.07, 6.45) is 1.64. The molecule has 0 bridgehead atoms. The maximum atomic E-state index is 13.0. The Bertz CT molecular complexity index is 797. The van der Waals surface area contributed by atoms with E-state index in [1.54, 1.807) is 6.20 Å². The Kier molecular flexibility index (Phi) is 3.61. The summed E-state index contributed by atoms with van der Waals surface area (Å²) in [7, 11) is -1.91. The molecule has 1 aromatic carbocycles. The SMILES string of the molecule is BC(B)(n1ccc2cc(S(F)(F)(F)(F)F)ccc21)C(C)(C)N(C)C. The van der Waals surface area contributed by atoms with Gasteiger partial charge in [-0.05, 0) is 52.2 Å². The third-order valence-corrected chi connectivity index (χ3v) is 6.47. The van der Waals surface area contributed by atoms with E-state index in [-0.39, 0.29) is 10.9 Å². The molecule has 0 saturated heterocycles. The third kappa shape index (κ3) is 3.06. The van der Waals surface area contributed by atoms with Crippen LogP contribution >= 0.6 is 10.2 Å². The Morgan fingerprint density at radius 3 is 2.00 bits per heavy atom. The molecule has 0 N–H and O–H groups in total.